The van der Waals surface area contributed by atoms with Gasteiger partial charge in [-0.3, -0.25) is 0 Å². The highest BCUT2D eigenvalue weighted by Crippen LogP contribution is 2.50. The van der Waals surface area contributed by atoms with Crippen molar-refractivity contribution in [3.63, 3.8) is 0 Å². The molecule has 0 spiro atoms. The molecule has 51 heavy (non-hydrogen) atoms. The van der Waals surface area contributed by atoms with E-state index in [0.29, 0.717) is 11.2 Å². The number of rotatable bonds is 6. The summed E-state index contributed by atoms with van der Waals surface area (Å²) in [6, 6.07) is 61.9. The Hall–Kier alpha value is -6.03. The van der Waals surface area contributed by atoms with E-state index in [-0.39, 0.29) is 0 Å². The summed E-state index contributed by atoms with van der Waals surface area (Å²) in [5, 5.41) is 3.00. The molecule has 1 aromatic heterocycles. The molecule has 2 atom stereocenters. The molecule has 0 saturated heterocycles. The SMILES string of the molecule is C1=CC2Sc3ccc(N(c4ccc(-c5ccccc5)cc4)c4ccc(-c5ccccc5-n5c6ccccc6c6ccccc65)cc4)cc3C2C=C1. The fourth-order valence-electron chi connectivity index (χ4n) is 7.93. The van der Waals surface area contributed by atoms with Crippen molar-refractivity contribution < 1.29 is 0 Å². The molecule has 0 radical (unpaired) electrons. The second-order valence-corrected chi connectivity index (χ2v) is 14.5. The van der Waals surface area contributed by atoms with Crippen LogP contribution in [0.3, 0.4) is 0 Å². The number of anilines is 3. The monoisotopic (exact) mass is 670 g/mol. The lowest BCUT2D eigenvalue weighted by Gasteiger charge is -2.27. The second kappa shape index (κ2) is 12.4. The standard InChI is InChI=1S/C48H34N2S/c1-2-12-33(13-3-1)34-22-26-36(27-23-34)49(38-30-31-48-43(32-38)42-17-7-11-21-47(42)51-48)37-28-24-35(25-29-37)39-14-4-8-18-44(39)50-45-19-9-5-15-40(45)41-16-6-10-20-46(41)50/h1-32,42,47H. The van der Waals surface area contributed by atoms with Crippen LogP contribution in [-0.4, -0.2) is 9.82 Å². The summed E-state index contributed by atoms with van der Waals surface area (Å²) in [5.41, 5.74) is 13.3. The zero-order chi connectivity index (χ0) is 33.7. The van der Waals surface area contributed by atoms with Crippen LogP contribution in [0.15, 0.2) is 199 Å². The molecule has 10 rings (SSSR count). The highest BCUT2D eigenvalue weighted by molar-refractivity contribution is 8.00. The first kappa shape index (κ1) is 29.8. The van der Waals surface area contributed by atoms with Crippen molar-refractivity contribution >= 4 is 50.6 Å². The van der Waals surface area contributed by atoms with Crippen LogP contribution in [0.2, 0.25) is 0 Å². The minimum atomic E-state index is 0.400. The molecule has 0 bridgehead atoms. The van der Waals surface area contributed by atoms with Gasteiger partial charge in [-0.15, -0.1) is 11.8 Å². The van der Waals surface area contributed by atoms with Gasteiger partial charge in [-0.2, -0.15) is 0 Å². The summed E-state index contributed by atoms with van der Waals surface area (Å²) in [5.74, 6) is 0.400. The van der Waals surface area contributed by atoms with Crippen molar-refractivity contribution in [2.75, 3.05) is 4.90 Å². The van der Waals surface area contributed by atoms with Gasteiger partial charge in [0.1, 0.15) is 0 Å². The zero-order valence-corrected chi connectivity index (χ0v) is 28.7. The first-order valence-electron chi connectivity index (χ1n) is 17.6. The highest BCUT2D eigenvalue weighted by atomic mass is 32.2. The number of thioether (sulfide) groups is 1. The van der Waals surface area contributed by atoms with Crippen molar-refractivity contribution in [2.45, 2.75) is 16.1 Å². The molecular weight excluding hydrogens is 637 g/mol. The number of para-hydroxylation sites is 3. The molecule has 2 unspecified atom stereocenters. The summed E-state index contributed by atoms with van der Waals surface area (Å²) < 4.78 is 2.42. The van der Waals surface area contributed by atoms with Crippen LogP contribution in [0.4, 0.5) is 17.1 Å². The summed E-state index contributed by atoms with van der Waals surface area (Å²) in [6.45, 7) is 0. The number of hydrogen-bond acceptors (Lipinski definition) is 2. The molecule has 0 fully saturated rings. The second-order valence-electron chi connectivity index (χ2n) is 13.3. The molecule has 0 saturated carbocycles. The lowest BCUT2D eigenvalue weighted by Crippen LogP contribution is -2.11. The number of allylic oxidation sites excluding steroid dienone is 3. The molecule has 2 heterocycles. The van der Waals surface area contributed by atoms with Gasteiger partial charge in [0, 0.05) is 49.5 Å². The lowest BCUT2D eigenvalue weighted by molar-refractivity contribution is 0.880. The van der Waals surface area contributed by atoms with Crippen LogP contribution in [0.25, 0.3) is 49.7 Å². The van der Waals surface area contributed by atoms with Crippen LogP contribution >= 0.6 is 11.8 Å². The number of hydrogen-bond donors (Lipinski definition) is 0. The zero-order valence-electron chi connectivity index (χ0n) is 27.9. The van der Waals surface area contributed by atoms with E-state index in [9.17, 15) is 0 Å². The van der Waals surface area contributed by atoms with E-state index in [1.54, 1.807) is 0 Å². The predicted molar refractivity (Wildman–Crippen MR) is 217 cm³/mol. The molecular formula is C48H34N2S. The smallest absolute Gasteiger partial charge is 0.0541 e. The number of aromatic nitrogens is 1. The van der Waals surface area contributed by atoms with Gasteiger partial charge in [-0.25, -0.2) is 0 Å². The Labute approximate surface area is 302 Å². The Kier molecular flexibility index (Phi) is 7.25. The number of benzene rings is 7. The van der Waals surface area contributed by atoms with Gasteiger partial charge in [0.15, 0.2) is 0 Å². The Balaban J connectivity index is 1.08. The summed E-state index contributed by atoms with van der Waals surface area (Å²) >= 11 is 1.97. The Morgan fingerprint density at radius 1 is 0.471 bits per heavy atom. The molecule has 7 aromatic carbocycles. The topological polar surface area (TPSA) is 8.17 Å². The normalized spacial score (nSPS) is 16.0. The third-order valence-electron chi connectivity index (χ3n) is 10.4. The molecule has 2 aliphatic rings. The fraction of sp³-hybridized carbons (Fsp3) is 0.0417. The van der Waals surface area contributed by atoms with Crippen LogP contribution < -0.4 is 4.90 Å². The molecule has 242 valence electrons. The lowest BCUT2D eigenvalue weighted by atomic mass is 9.92. The number of nitrogens with zero attached hydrogens (tertiary/aromatic N) is 2. The van der Waals surface area contributed by atoms with Gasteiger partial charge < -0.3 is 9.47 Å². The summed E-state index contributed by atoms with van der Waals surface area (Å²) in [4.78, 5) is 3.78. The minimum Gasteiger partial charge on any atom is -0.310 e. The van der Waals surface area contributed by atoms with Gasteiger partial charge >= 0.3 is 0 Å². The van der Waals surface area contributed by atoms with E-state index in [2.05, 4.69) is 204 Å². The maximum Gasteiger partial charge on any atom is 0.0541 e. The number of fused-ring (bicyclic) bond motifs is 6. The van der Waals surface area contributed by atoms with E-state index >= 15 is 0 Å². The van der Waals surface area contributed by atoms with Crippen LogP contribution in [0.1, 0.15) is 11.5 Å². The molecule has 0 N–H and O–H groups in total. The van der Waals surface area contributed by atoms with Crippen molar-refractivity contribution in [1.82, 2.24) is 4.57 Å². The molecule has 2 nitrogen and oxygen atoms in total. The molecule has 1 aliphatic carbocycles. The Morgan fingerprint density at radius 2 is 1.04 bits per heavy atom. The molecule has 3 heteroatoms. The quantitative estimate of drug-likeness (QED) is 0.174. The molecule has 8 aromatic rings. The van der Waals surface area contributed by atoms with E-state index in [1.807, 2.05) is 11.8 Å². The maximum absolute atomic E-state index is 2.42. The van der Waals surface area contributed by atoms with E-state index < -0.39 is 0 Å². The van der Waals surface area contributed by atoms with Crippen molar-refractivity contribution in [3.05, 3.63) is 200 Å². The largest absolute Gasteiger partial charge is 0.310 e. The fourth-order valence-corrected chi connectivity index (χ4v) is 9.26. The average molecular weight is 671 g/mol. The van der Waals surface area contributed by atoms with E-state index in [4.69, 9.17) is 0 Å². The van der Waals surface area contributed by atoms with Gasteiger partial charge in [0.25, 0.3) is 0 Å². The van der Waals surface area contributed by atoms with E-state index in [0.717, 1.165) is 11.4 Å². The molecule has 1 aliphatic heterocycles. The van der Waals surface area contributed by atoms with Crippen molar-refractivity contribution in [2.24, 2.45) is 0 Å². The highest BCUT2D eigenvalue weighted by Gasteiger charge is 2.31. The van der Waals surface area contributed by atoms with E-state index in [1.165, 1.54) is 65.9 Å². The minimum absolute atomic E-state index is 0.400. The Bertz CT molecular complexity index is 2560. The van der Waals surface area contributed by atoms with Crippen LogP contribution in [0, 0.1) is 0 Å². The Morgan fingerprint density at radius 3 is 1.76 bits per heavy atom. The average Bonchev–Trinajstić information content (AvgIpc) is 3.74. The van der Waals surface area contributed by atoms with Gasteiger partial charge in [-0.05, 0) is 82.9 Å². The summed E-state index contributed by atoms with van der Waals surface area (Å²) in [7, 11) is 0. The molecule has 0 amide bonds. The van der Waals surface area contributed by atoms with Gasteiger partial charge in [0.2, 0.25) is 0 Å². The predicted octanol–water partition coefficient (Wildman–Crippen LogP) is 13.3. The van der Waals surface area contributed by atoms with Crippen molar-refractivity contribution in [3.8, 4) is 27.9 Å². The third kappa shape index (κ3) is 5.12. The van der Waals surface area contributed by atoms with Crippen LogP contribution in [-0.2, 0) is 0 Å². The third-order valence-corrected chi connectivity index (χ3v) is 11.7. The van der Waals surface area contributed by atoms with Crippen molar-refractivity contribution in [1.29, 1.82) is 0 Å². The van der Waals surface area contributed by atoms with Crippen LogP contribution in [0.5, 0.6) is 0 Å². The van der Waals surface area contributed by atoms with Gasteiger partial charge in [0.05, 0.1) is 16.7 Å². The first-order valence-corrected chi connectivity index (χ1v) is 18.5. The summed E-state index contributed by atoms with van der Waals surface area (Å²) in [6.07, 6.45) is 9.07. The maximum atomic E-state index is 2.42. The first-order chi connectivity index (χ1) is 25.3. The van der Waals surface area contributed by atoms with Gasteiger partial charge in [-0.1, -0.05) is 133 Å².